The molecule has 2 aromatic carbocycles. The maximum Gasteiger partial charge on any atom is 0.0565 e. The van der Waals surface area contributed by atoms with E-state index >= 15 is 0 Å². The summed E-state index contributed by atoms with van der Waals surface area (Å²) in [6.45, 7) is 4.18. The van der Waals surface area contributed by atoms with Gasteiger partial charge in [-0.3, -0.25) is 0 Å². The fourth-order valence-corrected chi connectivity index (χ4v) is 2.50. The van der Waals surface area contributed by atoms with Gasteiger partial charge < -0.3 is 5.73 Å². The first-order valence-corrected chi connectivity index (χ1v) is 6.46. The highest BCUT2D eigenvalue weighted by Crippen LogP contribution is 2.29. The van der Waals surface area contributed by atoms with Crippen molar-refractivity contribution in [1.82, 2.24) is 0 Å². The smallest absolute Gasteiger partial charge is 0.0565 e. The second-order valence-corrected chi connectivity index (χ2v) is 5.21. The lowest BCUT2D eigenvalue weighted by molar-refractivity contribution is 0.854. The van der Waals surface area contributed by atoms with Gasteiger partial charge in [-0.05, 0) is 36.6 Å². The topological polar surface area (TPSA) is 26.0 Å². The molecule has 0 saturated heterocycles. The molecule has 0 amide bonds. The monoisotopic (exact) mass is 289 g/mol. The molecule has 2 heteroatoms. The molecular formula is C15H16BrN. The lowest BCUT2D eigenvalue weighted by Gasteiger charge is -2.17. The van der Waals surface area contributed by atoms with Gasteiger partial charge in [-0.15, -0.1) is 0 Å². The molecule has 2 aromatic rings. The van der Waals surface area contributed by atoms with Crippen molar-refractivity contribution in [2.24, 2.45) is 5.73 Å². The van der Waals surface area contributed by atoms with Crippen LogP contribution in [-0.4, -0.2) is 0 Å². The highest BCUT2D eigenvalue weighted by molar-refractivity contribution is 9.10. The number of rotatable bonds is 2. The molecule has 2 N–H and O–H groups in total. The van der Waals surface area contributed by atoms with Crippen LogP contribution < -0.4 is 5.73 Å². The summed E-state index contributed by atoms with van der Waals surface area (Å²) in [5, 5.41) is 0. The van der Waals surface area contributed by atoms with Gasteiger partial charge in [-0.1, -0.05) is 57.9 Å². The minimum Gasteiger partial charge on any atom is -0.320 e. The van der Waals surface area contributed by atoms with Crippen molar-refractivity contribution in [2.45, 2.75) is 19.9 Å². The Morgan fingerprint density at radius 3 is 2.41 bits per heavy atom. The zero-order valence-corrected chi connectivity index (χ0v) is 11.7. The van der Waals surface area contributed by atoms with Crippen molar-refractivity contribution in [3.8, 4) is 0 Å². The van der Waals surface area contributed by atoms with Crippen LogP contribution in [0.25, 0.3) is 0 Å². The molecule has 0 aliphatic heterocycles. The summed E-state index contributed by atoms with van der Waals surface area (Å²) in [6.07, 6.45) is 0. The van der Waals surface area contributed by atoms with Crippen LogP contribution in [0.3, 0.4) is 0 Å². The number of hydrogen-bond donors (Lipinski definition) is 1. The summed E-state index contributed by atoms with van der Waals surface area (Å²) in [5.74, 6) is 0. The van der Waals surface area contributed by atoms with E-state index in [-0.39, 0.29) is 6.04 Å². The van der Waals surface area contributed by atoms with E-state index in [0.717, 1.165) is 10.0 Å². The summed E-state index contributed by atoms with van der Waals surface area (Å²) in [5.41, 5.74) is 11.1. The van der Waals surface area contributed by atoms with Gasteiger partial charge in [-0.2, -0.15) is 0 Å². The molecule has 1 unspecified atom stereocenters. The van der Waals surface area contributed by atoms with Gasteiger partial charge in [-0.25, -0.2) is 0 Å². The molecular weight excluding hydrogens is 274 g/mol. The Morgan fingerprint density at radius 1 is 1.00 bits per heavy atom. The van der Waals surface area contributed by atoms with Crippen LogP contribution in [0.5, 0.6) is 0 Å². The van der Waals surface area contributed by atoms with Crippen LogP contribution >= 0.6 is 15.9 Å². The van der Waals surface area contributed by atoms with E-state index < -0.39 is 0 Å². The van der Waals surface area contributed by atoms with Crippen molar-refractivity contribution in [3.05, 3.63) is 69.2 Å². The summed E-state index contributed by atoms with van der Waals surface area (Å²) >= 11 is 3.57. The average Bonchev–Trinajstić information content (AvgIpc) is 2.32. The highest BCUT2D eigenvalue weighted by Gasteiger charge is 2.13. The zero-order valence-electron chi connectivity index (χ0n) is 10.1. The molecule has 0 aliphatic rings. The normalized spacial score (nSPS) is 12.5. The second kappa shape index (κ2) is 5.03. The lowest BCUT2D eigenvalue weighted by Crippen LogP contribution is -2.14. The molecule has 0 spiro atoms. The minimum atomic E-state index is -0.0783. The molecule has 1 atom stereocenters. The van der Waals surface area contributed by atoms with Crippen LogP contribution in [0.2, 0.25) is 0 Å². The minimum absolute atomic E-state index is 0.0783. The Bertz CT molecular complexity index is 534. The fraction of sp³-hybridized carbons (Fsp3) is 0.200. The van der Waals surface area contributed by atoms with Gasteiger partial charge in [0.05, 0.1) is 6.04 Å². The molecule has 0 heterocycles. The largest absolute Gasteiger partial charge is 0.320 e. The van der Waals surface area contributed by atoms with Crippen molar-refractivity contribution in [1.29, 1.82) is 0 Å². The van der Waals surface area contributed by atoms with Crippen molar-refractivity contribution in [3.63, 3.8) is 0 Å². The zero-order chi connectivity index (χ0) is 12.4. The van der Waals surface area contributed by atoms with E-state index in [0.29, 0.717) is 0 Å². The molecule has 2 rings (SSSR count). The quantitative estimate of drug-likeness (QED) is 0.884. The molecule has 17 heavy (non-hydrogen) atoms. The first kappa shape index (κ1) is 12.3. The molecule has 0 bridgehead atoms. The maximum atomic E-state index is 6.36. The SMILES string of the molecule is Cc1ccc(Br)c(C(N)c2ccccc2C)c1. The first-order valence-electron chi connectivity index (χ1n) is 5.67. The van der Waals surface area contributed by atoms with Crippen molar-refractivity contribution in [2.75, 3.05) is 0 Å². The van der Waals surface area contributed by atoms with E-state index in [1.807, 2.05) is 12.1 Å². The van der Waals surface area contributed by atoms with Gasteiger partial charge in [0, 0.05) is 4.47 Å². The Labute approximate surface area is 111 Å². The fourth-order valence-electron chi connectivity index (χ4n) is 2.00. The van der Waals surface area contributed by atoms with E-state index in [2.05, 4.69) is 60.1 Å². The number of aryl methyl sites for hydroxylation is 2. The summed E-state index contributed by atoms with van der Waals surface area (Å²) in [7, 11) is 0. The standard InChI is InChI=1S/C15H16BrN/c1-10-7-8-14(16)13(9-10)15(17)12-6-4-3-5-11(12)2/h3-9,15H,17H2,1-2H3. The van der Waals surface area contributed by atoms with E-state index in [9.17, 15) is 0 Å². The Hall–Kier alpha value is -1.12. The molecule has 0 aliphatic carbocycles. The summed E-state index contributed by atoms with van der Waals surface area (Å²) in [4.78, 5) is 0. The lowest BCUT2D eigenvalue weighted by atomic mass is 9.95. The van der Waals surface area contributed by atoms with Crippen molar-refractivity contribution >= 4 is 15.9 Å². The molecule has 88 valence electrons. The molecule has 0 fully saturated rings. The van der Waals surface area contributed by atoms with E-state index in [1.165, 1.54) is 16.7 Å². The molecule has 0 aromatic heterocycles. The Kier molecular flexibility index (Phi) is 3.65. The van der Waals surface area contributed by atoms with Gasteiger partial charge in [0.1, 0.15) is 0 Å². The van der Waals surface area contributed by atoms with Gasteiger partial charge >= 0.3 is 0 Å². The third-order valence-electron chi connectivity index (χ3n) is 3.01. The average molecular weight is 290 g/mol. The number of nitrogens with two attached hydrogens (primary N) is 1. The van der Waals surface area contributed by atoms with Crippen LogP contribution in [0.4, 0.5) is 0 Å². The summed E-state index contributed by atoms with van der Waals surface area (Å²) in [6, 6.07) is 14.5. The molecule has 0 saturated carbocycles. The Balaban J connectivity index is 2.47. The number of hydrogen-bond acceptors (Lipinski definition) is 1. The Morgan fingerprint density at radius 2 is 1.71 bits per heavy atom. The van der Waals surface area contributed by atoms with E-state index in [4.69, 9.17) is 5.73 Å². The third-order valence-corrected chi connectivity index (χ3v) is 3.73. The second-order valence-electron chi connectivity index (χ2n) is 4.36. The summed E-state index contributed by atoms with van der Waals surface area (Å²) < 4.78 is 1.07. The van der Waals surface area contributed by atoms with E-state index in [1.54, 1.807) is 0 Å². The molecule has 0 radical (unpaired) electrons. The maximum absolute atomic E-state index is 6.36. The third kappa shape index (κ3) is 2.59. The van der Waals surface area contributed by atoms with Crippen LogP contribution in [0.15, 0.2) is 46.9 Å². The number of halogens is 1. The van der Waals surface area contributed by atoms with Crippen molar-refractivity contribution < 1.29 is 0 Å². The molecule has 1 nitrogen and oxygen atoms in total. The highest BCUT2D eigenvalue weighted by atomic mass is 79.9. The van der Waals surface area contributed by atoms with Gasteiger partial charge in [0.2, 0.25) is 0 Å². The van der Waals surface area contributed by atoms with Crippen LogP contribution in [-0.2, 0) is 0 Å². The van der Waals surface area contributed by atoms with Gasteiger partial charge in [0.25, 0.3) is 0 Å². The van der Waals surface area contributed by atoms with Crippen LogP contribution in [0.1, 0.15) is 28.3 Å². The first-order chi connectivity index (χ1) is 8.09. The predicted molar refractivity (Wildman–Crippen MR) is 76.1 cm³/mol. The number of benzene rings is 2. The van der Waals surface area contributed by atoms with Crippen LogP contribution in [0, 0.1) is 13.8 Å². The predicted octanol–water partition coefficient (Wildman–Crippen LogP) is 4.11. The van der Waals surface area contributed by atoms with Gasteiger partial charge in [0.15, 0.2) is 0 Å².